The van der Waals surface area contributed by atoms with Crippen LogP contribution in [0, 0.1) is 18.8 Å². The number of imide groups is 1. The van der Waals surface area contributed by atoms with Crippen molar-refractivity contribution in [1.29, 1.82) is 0 Å². The first kappa shape index (κ1) is 23.1. The van der Waals surface area contributed by atoms with Crippen molar-refractivity contribution in [1.82, 2.24) is 5.32 Å². The highest BCUT2D eigenvalue weighted by Crippen LogP contribution is 2.54. The van der Waals surface area contributed by atoms with Gasteiger partial charge < -0.3 is 10.2 Å². The van der Waals surface area contributed by atoms with Gasteiger partial charge in [0.2, 0.25) is 17.7 Å². The molecule has 0 aromatic heterocycles. The number of rotatable bonds is 4. The van der Waals surface area contributed by atoms with Crippen LogP contribution in [-0.4, -0.2) is 36.2 Å². The van der Waals surface area contributed by atoms with Crippen molar-refractivity contribution >= 4 is 40.7 Å². The van der Waals surface area contributed by atoms with Crippen LogP contribution in [0.3, 0.4) is 0 Å². The summed E-state index contributed by atoms with van der Waals surface area (Å²) >= 11 is 0. The van der Waals surface area contributed by atoms with Crippen LogP contribution in [0.25, 0.3) is 0 Å². The van der Waals surface area contributed by atoms with Crippen molar-refractivity contribution in [3.05, 3.63) is 90.0 Å². The molecule has 2 fully saturated rings. The minimum absolute atomic E-state index is 0.219. The van der Waals surface area contributed by atoms with Gasteiger partial charge in [-0.05, 0) is 44.2 Å². The summed E-state index contributed by atoms with van der Waals surface area (Å²) in [6.07, 6.45) is 0. The quantitative estimate of drug-likeness (QED) is 0.544. The Morgan fingerprint density at radius 2 is 1.59 bits per heavy atom. The normalized spacial score (nSPS) is 26.1. The number of para-hydroxylation sites is 2. The van der Waals surface area contributed by atoms with Gasteiger partial charge in [0, 0.05) is 23.0 Å². The van der Waals surface area contributed by atoms with Gasteiger partial charge in [0.25, 0.3) is 5.91 Å². The minimum atomic E-state index is -1.43. The van der Waals surface area contributed by atoms with Crippen molar-refractivity contribution < 1.29 is 19.2 Å². The van der Waals surface area contributed by atoms with Crippen LogP contribution in [0.5, 0.6) is 0 Å². The second kappa shape index (κ2) is 8.38. The minimum Gasteiger partial charge on any atom is -0.325 e. The lowest BCUT2D eigenvalue weighted by atomic mass is 9.76. The Morgan fingerprint density at radius 1 is 0.919 bits per heavy atom. The van der Waals surface area contributed by atoms with Crippen LogP contribution >= 0.6 is 0 Å². The van der Waals surface area contributed by atoms with E-state index >= 15 is 0 Å². The highest BCUT2D eigenvalue weighted by molar-refractivity contribution is 6.26. The van der Waals surface area contributed by atoms with E-state index in [4.69, 9.17) is 0 Å². The summed E-state index contributed by atoms with van der Waals surface area (Å²) in [6, 6.07) is 23.0. The molecular weight excluding hydrogens is 468 g/mol. The molecule has 3 aromatic rings. The Balaban J connectivity index is 1.38. The predicted octanol–water partition coefficient (Wildman–Crippen LogP) is 2.97. The second-order valence-electron chi connectivity index (χ2n) is 9.91. The van der Waals surface area contributed by atoms with E-state index in [-0.39, 0.29) is 18.4 Å². The lowest BCUT2D eigenvalue weighted by Gasteiger charge is -2.30. The van der Waals surface area contributed by atoms with Gasteiger partial charge in [-0.1, -0.05) is 54.1 Å². The lowest BCUT2D eigenvalue weighted by molar-refractivity contribution is -0.132. The number of nitrogens with zero attached hydrogens (tertiary/aromatic N) is 2. The predicted molar refractivity (Wildman–Crippen MR) is 139 cm³/mol. The molecular formula is C29H26N4O4. The fraction of sp³-hybridized carbons (Fsp3) is 0.241. The van der Waals surface area contributed by atoms with Crippen molar-refractivity contribution in [3.8, 4) is 0 Å². The van der Waals surface area contributed by atoms with Gasteiger partial charge in [0.05, 0.1) is 17.5 Å². The smallest absolute Gasteiger partial charge is 0.253 e. The molecule has 0 radical (unpaired) electrons. The number of nitrogens with one attached hydrogen (secondary N) is 2. The fourth-order valence-corrected chi connectivity index (χ4v) is 6.08. The number of carbonyl (C=O) groups is 4. The molecule has 0 bridgehead atoms. The molecule has 3 aliphatic heterocycles. The molecule has 0 aliphatic carbocycles. The summed E-state index contributed by atoms with van der Waals surface area (Å²) in [5.74, 6) is -3.11. The number of anilines is 3. The molecule has 8 heteroatoms. The Bertz CT molecular complexity index is 1440. The standard InChI is InChI=1S/C29H26N4O4/c1-17-12-14-20(15-13-17)33-26(35)24-18(2)31-29(25(24)27(33)36)21-10-6-7-11-22(21)32(28(29)37)16-23(34)30-19-8-4-3-5-9-19/h3-15,18,24-25,31H,16H2,1-2H3,(H,30,34)/t18-,24+,25+,29+/m0/s1. The molecule has 0 saturated carbocycles. The van der Waals surface area contributed by atoms with E-state index in [1.807, 2.05) is 44.2 Å². The van der Waals surface area contributed by atoms with Gasteiger partial charge in [0.1, 0.15) is 12.1 Å². The Morgan fingerprint density at radius 3 is 2.32 bits per heavy atom. The number of benzene rings is 3. The van der Waals surface area contributed by atoms with Gasteiger partial charge in [-0.25, -0.2) is 4.90 Å². The number of hydrogen-bond donors (Lipinski definition) is 2. The van der Waals surface area contributed by atoms with E-state index in [0.717, 1.165) is 5.56 Å². The molecule has 3 aliphatic rings. The van der Waals surface area contributed by atoms with Crippen molar-refractivity contribution in [2.45, 2.75) is 25.4 Å². The molecule has 6 rings (SSSR count). The molecule has 3 heterocycles. The Hall–Kier alpha value is -4.30. The maximum absolute atomic E-state index is 14.2. The Labute approximate surface area is 214 Å². The SMILES string of the molecule is Cc1ccc(N2C(=O)[C@@H]3[C@H](C)N[C@@]4(C(=O)N(CC(=O)Nc5ccccc5)c5ccccc54)[C@H]3C2=O)cc1. The van der Waals surface area contributed by atoms with E-state index in [9.17, 15) is 19.2 Å². The van der Waals surface area contributed by atoms with Gasteiger partial charge in [0.15, 0.2) is 0 Å². The summed E-state index contributed by atoms with van der Waals surface area (Å²) in [7, 11) is 0. The van der Waals surface area contributed by atoms with E-state index in [1.165, 1.54) is 9.80 Å². The largest absolute Gasteiger partial charge is 0.325 e. The molecule has 0 unspecified atom stereocenters. The van der Waals surface area contributed by atoms with Gasteiger partial charge in [-0.3, -0.25) is 24.5 Å². The highest BCUT2D eigenvalue weighted by atomic mass is 16.2. The average Bonchev–Trinajstić information content (AvgIpc) is 3.44. The van der Waals surface area contributed by atoms with Gasteiger partial charge >= 0.3 is 0 Å². The first-order valence-corrected chi connectivity index (χ1v) is 12.3. The highest BCUT2D eigenvalue weighted by Gasteiger charge is 2.71. The van der Waals surface area contributed by atoms with E-state index in [0.29, 0.717) is 22.6 Å². The number of fused-ring (bicyclic) bond motifs is 4. The maximum atomic E-state index is 14.2. The zero-order chi connectivity index (χ0) is 25.9. The van der Waals surface area contributed by atoms with Crippen LogP contribution in [0.15, 0.2) is 78.9 Å². The third kappa shape index (κ3) is 3.33. The number of aryl methyl sites for hydroxylation is 1. The lowest BCUT2D eigenvalue weighted by Crippen LogP contribution is -2.55. The van der Waals surface area contributed by atoms with Gasteiger partial charge in [-0.2, -0.15) is 0 Å². The second-order valence-corrected chi connectivity index (χ2v) is 9.91. The monoisotopic (exact) mass is 494 g/mol. The Kier molecular flexibility index (Phi) is 5.24. The molecule has 186 valence electrons. The van der Waals surface area contributed by atoms with Crippen molar-refractivity contribution in [2.24, 2.45) is 11.8 Å². The van der Waals surface area contributed by atoms with Crippen LogP contribution < -0.4 is 20.4 Å². The first-order chi connectivity index (χ1) is 17.8. The summed E-state index contributed by atoms with van der Waals surface area (Å²) in [5, 5.41) is 6.16. The molecule has 4 amide bonds. The molecule has 2 N–H and O–H groups in total. The summed E-state index contributed by atoms with van der Waals surface area (Å²) in [4.78, 5) is 57.3. The van der Waals surface area contributed by atoms with Crippen molar-refractivity contribution in [3.63, 3.8) is 0 Å². The van der Waals surface area contributed by atoms with Crippen LogP contribution in [0.2, 0.25) is 0 Å². The number of amides is 4. The topological polar surface area (TPSA) is 98.8 Å². The van der Waals surface area contributed by atoms with E-state index < -0.39 is 35.2 Å². The fourth-order valence-electron chi connectivity index (χ4n) is 6.08. The van der Waals surface area contributed by atoms with Crippen LogP contribution in [0.4, 0.5) is 17.1 Å². The number of carbonyl (C=O) groups excluding carboxylic acids is 4. The summed E-state index contributed by atoms with van der Waals surface area (Å²) < 4.78 is 0. The first-order valence-electron chi connectivity index (χ1n) is 12.3. The van der Waals surface area contributed by atoms with Crippen LogP contribution in [0.1, 0.15) is 18.1 Å². The van der Waals surface area contributed by atoms with Crippen molar-refractivity contribution in [2.75, 3.05) is 21.7 Å². The van der Waals surface area contributed by atoms with E-state index in [2.05, 4.69) is 10.6 Å². The molecule has 37 heavy (non-hydrogen) atoms. The summed E-state index contributed by atoms with van der Waals surface area (Å²) in [5.41, 5.74) is 1.87. The maximum Gasteiger partial charge on any atom is 0.253 e. The zero-order valence-electron chi connectivity index (χ0n) is 20.5. The zero-order valence-corrected chi connectivity index (χ0v) is 20.5. The van der Waals surface area contributed by atoms with Crippen LogP contribution in [-0.2, 0) is 24.7 Å². The molecule has 1 spiro atoms. The molecule has 3 aromatic carbocycles. The summed E-state index contributed by atoms with van der Waals surface area (Å²) in [6.45, 7) is 3.55. The van der Waals surface area contributed by atoms with Gasteiger partial charge in [-0.15, -0.1) is 0 Å². The molecule has 8 nitrogen and oxygen atoms in total. The third-order valence-electron chi connectivity index (χ3n) is 7.67. The molecule has 2 saturated heterocycles. The number of hydrogen-bond acceptors (Lipinski definition) is 5. The van der Waals surface area contributed by atoms with E-state index in [1.54, 1.807) is 48.5 Å². The molecule has 4 atom stereocenters. The third-order valence-corrected chi connectivity index (χ3v) is 7.67. The average molecular weight is 495 g/mol.